The van der Waals surface area contributed by atoms with Crippen LogP contribution in [0.2, 0.25) is 0 Å². The molecule has 0 unspecified atom stereocenters. The van der Waals surface area contributed by atoms with E-state index in [4.69, 9.17) is 9.47 Å². The monoisotopic (exact) mass is 474 g/mol. The number of rotatable bonds is 11. The lowest BCUT2D eigenvalue weighted by Gasteiger charge is -2.40. The van der Waals surface area contributed by atoms with Gasteiger partial charge in [-0.3, -0.25) is 9.80 Å². The molecule has 0 bridgehead atoms. The number of aliphatic hydroxyl groups excluding tert-OH is 1. The number of benzene rings is 3. The minimum Gasteiger partial charge on any atom is -0.491 e. The van der Waals surface area contributed by atoms with E-state index < -0.39 is 6.10 Å². The van der Waals surface area contributed by atoms with E-state index in [2.05, 4.69) is 90.4 Å². The van der Waals surface area contributed by atoms with Crippen molar-refractivity contribution in [3.05, 3.63) is 101 Å². The molecule has 3 aromatic carbocycles. The third kappa shape index (κ3) is 7.39. The van der Waals surface area contributed by atoms with Crippen LogP contribution in [0.5, 0.6) is 5.75 Å². The zero-order valence-corrected chi connectivity index (χ0v) is 21.0. The summed E-state index contributed by atoms with van der Waals surface area (Å²) in [6, 6.07) is 27.8. The molecule has 0 aliphatic carbocycles. The molecular weight excluding hydrogens is 436 g/mol. The quantitative estimate of drug-likeness (QED) is 0.416. The summed E-state index contributed by atoms with van der Waals surface area (Å²) in [5.41, 5.74) is 5.12. The van der Waals surface area contributed by atoms with Crippen LogP contribution in [0.1, 0.15) is 28.3 Å². The van der Waals surface area contributed by atoms with E-state index in [1.807, 2.05) is 12.1 Å². The molecule has 1 heterocycles. The molecule has 5 nitrogen and oxygen atoms in total. The molecule has 186 valence electrons. The van der Waals surface area contributed by atoms with Crippen LogP contribution in [-0.2, 0) is 4.74 Å². The van der Waals surface area contributed by atoms with Crippen LogP contribution >= 0.6 is 0 Å². The van der Waals surface area contributed by atoms with Crippen molar-refractivity contribution in [2.24, 2.45) is 0 Å². The average molecular weight is 475 g/mol. The van der Waals surface area contributed by atoms with Gasteiger partial charge in [0.15, 0.2) is 0 Å². The van der Waals surface area contributed by atoms with E-state index in [1.54, 1.807) is 0 Å². The van der Waals surface area contributed by atoms with Gasteiger partial charge in [0, 0.05) is 32.7 Å². The molecule has 1 aliphatic rings. The lowest BCUT2D eigenvalue weighted by molar-refractivity contribution is -0.00191. The normalized spacial score (nSPS) is 15.9. The van der Waals surface area contributed by atoms with Crippen molar-refractivity contribution < 1.29 is 14.6 Å². The maximum Gasteiger partial charge on any atom is 0.119 e. The summed E-state index contributed by atoms with van der Waals surface area (Å²) in [5.74, 6) is 0.861. The van der Waals surface area contributed by atoms with Crippen LogP contribution in [0.15, 0.2) is 78.9 Å². The third-order valence-corrected chi connectivity index (χ3v) is 6.76. The number of hydrogen-bond donors (Lipinski definition) is 1. The fraction of sp³-hybridized carbons (Fsp3) is 0.400. The third-order valence-electron chi connectivity index (χ3n) is 6.76. The minimum absolute atomic E-state index is 0.255. The number of aliphatic hydroxyl groups is 1. The smallest absolute Gasteiger partial charge is 0.119 e. The van der Waals surface area contributed by atoms with Crippen molar-refractivity contribution in [1.82, 2.24) is 9.80 Å². The van der Waals surface area contributed by atoms with E-state index in [0.717, 1.165) is 31.9 Å². The van der Waals surface area contributed by atoms with Crippen molar-refractivity contribution in [2.45, 2.75) is 26.0 Å². The van der Waals surface area contributed by atoms with E-state index in [9.17, 15) is 5.11 Å². The highest BCUT2D eigenvalue weighted by molar-refractivity contribution is 5.34. The van der Waals surface area contributed by atoms with Gasteiger partial charge >= 0.3 is 0 Å². The van der Waals surface area contributed by atoms with Crippen LogP contribution in [0, 0.1) is 13.8 Å². The lowest BCUT2D eigenvalue weighted by Crippen LogP contribution is -2.50. The number of ether oxygens (including phenoxy) is 2. The maximum atomic E-state index is 10.5. The standard InChI is InChI=1S/C30H38N2O3/c1-24-13-14-29(21-25(24)2)35-20-19-34-23-28(33)22-31-15-17-32(18-16-31)30(26-9-5-3-6-10-26)27-11-7-4-8-12-27/h3-14,21,28,30,33H,15-20,22-23H2,1-2H3/t28-/m0/s1. The number of aryl methyl sites for hydroxylation is 2. The molecule has 0 amide bonds. The summed E-state index contributed by atoms with van der Waals surface area (Å²) < 4.78 is 11.4. The molecule has 1 N–H and O–H groups in total. The molecule has 0 saturated carbocycles. The highest BCUT2D eigenvalue weighted by Crippen LogP contribution is 2.29. The first kappa shape index (κ1) is 25.4. The molecule has 1 aliphatic heterocycles. The molecule has 0 radical (unpaired) electrons. The van der Waals surface area contributed by atoms with Crippen molar-refractivity contribution >= 4 is 0 Å². The first-order valence-corrected chi connectivity index (χ1v) is 12.6. The van der Waals surface area contributed by atoms with Gasteiger partial charge in [0.05, 0.1) is 25.4 Å². The number of piperazine rings is 1. The van der Waals surface area contributed by atoms with Crippen LogP contribution in [0.3, 0.4) is 0 Å². The molecule has 1 saturated heterocycles. The Morgan fingerprint density at radius 1 is 0.771 bits per heavy atom. The number of hydrogen-bond acceptors (Lipinski definition) is 5. The van der Waals surface area contributed by atoms with E-state index in [0.29, 0.717) is 26.4 Å². The zero-order valence-electron chi connectivity index (χ0n) is 21.0. The van der Waals surface area contributed by atoms with Gasteiger partial charge in [0.2, 0.25) is 0 Å². The Balaban J connectivity index is 1.19. The molecule has 1 atom stereocenters. The molecule has 1 fully saturated rings. The Kier molecular flexibility index (Phi) is 9.32. The maximum absolute atomic E-state index is 10.5. The van der Waals surface area contributed by atoms with Gasteiger partial charge in [0.1, 0.15) is 12.4 Å². The Hall–Kier alpha value is -2.70. The minimum atomic E-state index is -0.498. The second-order valence-electron chi connectivity index (χ2n) is 9.38. The summed E-state index contributed by atoms with van der Waals surface area (Å²) in [6.07, 6.45) is -0.498. The van der Waals surface area contributed by atoms with Crippen LogP contribution in [-0.4, -0.2) is 73.6 Å². The molecule has 3 aromatic rings. The van der Waals surface area contributed by atoms with Crippen LogP contribution in [0.4, 0.5) is 0 Å². The van der Waals surface area contributed by atoms with E-state index in [1.165, 1.54) is 22.3 Å². The van der Waals surface area contributed by atoms with Gasteiger partial charge in [-0.25, -0.2) is 0 Å². The van der Waals surface area contributed by atoms with Gasteiger partial charge in [-0.1, -0.05) is 66.7 Å². The summed E-state index contributed by atoms with van der Waals surface area (Å²) in [4.78, 5) is 4.89. The SMILES string of the molecule is Cc1ccc(OCCOC[C@@H](O)CN2CCN(C(c3ccccc3)c3ccccc3)CC2)cc1C. The summed E-state index contributed by atoms with van der Waals surface area (Å²) in [6.45, 7) is 9.87. The Morgan fingerprint density at radius 2 is 1.40 bits per heavy atom. The van der Waals surface area contributed by atoms with Crippen LogP contribution in [0.25, 0.3) is 0 Å². The Labute approximate surface area is 209 Å². The highest BCUT2D eigenvalue weighted by Gasteiger charge is 2.27. The second kappa shape index (κ2) is 12.8. The van der Waals surface area contributed by atoms with Gasteiger partial charge < -0.3 is 14.6 Å². The first-order valence-electron chi connectivity index (χ1n) is 12.6. The molecule has 0 spiro atoms. The van der Waals surface area contributed by atoms with Gasteiger partial charge in [-0.15, -0.1) is 0 Å². The molecular formula is C30H38N2O3. The van der Waals surface area contributed by atoms with E-state index >= 15 is 0 Å². The van der Waals surface area contributed by atoms with Crippen LogP contribution < -0.4 is 4.74 Å². The molecule has 5 heteroatoms. The lowest BCUT2D eigenvalue weighted by atomic mass is 9.96. The molecule has 4 rings (SSSR count). The number of nitrogens with zero attached hydrogens (tertiary/aromatic N) is 2. The first-order chi connectivity index (χ1) is 17.1. The zero-order chi connectivity index (χ0) is 24.5. The van der Waals surface area contributed by atoms with Crippen molar-refractivity contribution in [2.75, 3.05) is 52.5 Å². The Bertz CT molecular complexity index is 981. The topological polar surface area (TPSA) is 45.2 Å². The van der Waals surface area contributed by atoms with Gasteiger partial charge in [-0.05, 0) is 48.2 Å². The number of β-amino-alcohol motifs (C(OH)–C–C–N with tert-alkyl or cyclic N) is 1. The second-order valence-corrected chi connectivity index (χ2v) is 9.38. The summed E-state index contributed by atoms with van der Waals surface area (Å²) >= 11 is 0. The van der Waals surface area contributed by atoms with Crippen molar-refractivity contribution in [3.63, 3.8) is 0 Å². The molecule has 0 aromatic heterocycles. The fourth-order valence-corrected chi connectivity index (χ4v) is 4.68. The fourth-order valence-electron chi connectivity index (χ4n) is 4.68. The average Bonchev–Trinajstić information content (AvgIpc) is 2.88. The van der Waals surface area contributed by atoms with Gasteiger partial charge in [-0.2, -0.15) is 0 Å². The van der Waals surface area contributed by atoms with Crippen molar-refractivity contribution in [3.8, 4) is 5.75 Å². The predicted molar refractivity (Wildman–Crippen MR) is 141 cm³/mol. The predicted octanol–water partition coefficient (Wildman–Crippen LogP) is 4.47. The Morgan fingerprint density at radius 3 is 2.00 bits per heavy atom. The van der Waals surface area contributed by atoms with Crippen molar-refractivity contribution in [1.29, 1.82) is 0 Å². The molecule has 35 heavy (non-hydrogen) atoms. The summed E-state index contributed by atoms with van der Waals surface area (Å²) in [5, 5.41) is 10.5. The highest BCUT2D eigenvalue weighted by atomic mass is 16.5. The summed E-state index contributed by atoms with van der Waals surface area (Å²) in [7, 11) is 0. The van der Waals surface area contributed by atoms with Gasteiger partial charge in [0.25, 0.3) is 0 Å². The van der Waals surface area contributed by atoms with E-state index in [-0.39, 0.29) is 6.04 Å². The largest absolute Gasteiger partial charge is 0.491 e.